The van der Waals surface area contributed by atoms with Gasteiger partial charge in [-0.1, -0.05) is 32.8 Å². The van der Waals surface area contributed by atoms with Crippen LogP contribution in [0.1, 0.15) is 43.5 Å². The molecule has 0 saturated heterocycles. The first-order chi connectivity index (χ1) is 14.2. The first-order valence-corrected chi connectivity index (χ1v) is 11.7. The van der Waals surface area contributed by atoms with Gasteiger partial charge in [0, 0.05) is 18.7 Å². The van der Waals surface area contributed by atoms with Crippen LogP contribution in [0.15, 0.2) is 53.4 Å². The molecule has 0 heterocycles. The SMILES string of the molecule is COc1ccc(N(C)S(=O)(=O)c2cccc(C(=O)N[C@H]3CCC[C@@H](C)[C@H]3C)c2)cc1. The van der Waals surface area contributed by atoms with Crippen molar-refractivity contribution in [3.8, 4) is 5.75 Å². The highest BCUT2D eigenvalue weighted by atomic mass is 32.2. The second kappa shape index (κ2) is 9.08. The number of hydrogen-bond donors (Lipinski definition) is 1. The quantitative estimate of drug-likeness (QED) is 0.749. The molecule has 0 aliphatic heterocycles. The maximum absolute atomic E-state index is 13.1. The molecular formula is C23H30N2O4S. The van der Waals surface area contributed by atoms with Crippen molar-refractivity contribution < 1.29 is 17.9 Å². The van der Waals surface area contributed by atoms with Crippen molar-refractivity contribution in [1.29, 1.82) is 0 Å². The minimum absolute atomic E-state index is 0.0820. The van der Waals surface area contributed by atoms with Gasteiger partial charge in [-0.2, -0.15) is 0 Å². The van der Waals surface area contributed by atoms with Crippen LogP contribution in [0.3, 0.4) is 0 Å². The van der Waals surface area contributed by atoms with Gasteiger partial charge in [-0.15, -0.1) is 0 Å². The van der Waals surface area contributed by atoms with Crippen LogP contribution >= 0.6 is 0 Å². The summed E-state index contributed by atoms with van der Waals surface area (Å²) in [6.45, 7) is 4.38. The normalized spacial score (nSPS) is 21.7. The Bertz CT molecular complexity index is 989. The zero-order valence-electron chi connectivity index (χ0n) is 18.0. The molecule has 0 aromatic heterocycles. The Morgan fingerprint density at radius 1 is 1.10 bits per heavy atom. The lowest BCUT2D eigenvalue weighted by Crippen LogP contribution is -2.43. The van der Waals surface area contributed by atoms with E-state index in [1.807, 2.05) is 0 Å². The molecule has 1 fully saturated rings. The summed E-state index contributed by atoms with van der Waals surface area (Å²) in [5, 5.41) is 3.11. The summed E-state index contributed by atoms with van der Waals surface area (Å²) in [4.78, 5) is 12.9. The molecule has 1 aliphatic rings. The summed E-state index contributed by atoms with van der Waals surface area (Å²) in [5.74, 6) is 1.38. The van der Waals surface area contributed by atoms with Crippen LogP contribution in [0.4, 0.5) is 5.69 Å². The van der Waals surface area contributed by atoms with Crippen LogP contribution in [-0.2, 0) is 10.0 Å². The van der Waals surface area contributed by atoms with Crippen LogP contribution in [-0.4, -0.2) is 34.5 Å². The maximum Gasteiger partial charge on any atom is 0.264 e. The van der Waals surface area contributed by atoms with Gasteiger partial charge in [-0.05, 0) is 60.7 Å². The number of sulfonamides is 1. The number of amides is 1. The Kier molecular flexibility index (Phi) is 6.71. The summed E-state index contributed by atoms with van der Waals surface area (Å²) in [7, 11) is -0.756. The zero-order valence-corrected chi connectivity index (χ0v) is 18.8. The van der Waals surface area contributed by atoms with Gasteiger partial charge < -0.3 is 10.1 Å². The predicted molar refractivity (Wildman–Crippen MR) is 118 cm³/mol. The Balaban J connectivity index is 1.80. The summed E-state index contributed by atoms with van der Waals surface area (Å²) in [5.41, 5.74) is 0.861. The van der Waals surface area contributed by atoms with Crippen molar-refractivity contribution in [3.05, 3.63) is 54.1 Å². The van der Waals surface area contributed by atoms with Crippen LogP contribution in [0.5, 0.6) is 5.75 Å². The average molecular weight is 431 g/mol. The number of benzene rings is 2. The van der Waals surface area contributed by atoms with Crippen molar-refractivity contribution in [1.82, 2.24) is 5.32 Å². The molecule has 2 aromatic carbocycles. The van der Waals surface area contributed by atoms with E-state index in [4.69, 9.17) is 4.74 Å². The molecule has 0 spiro atoms. The van der Waals surface area contributed by atoms with Gasteiger partial charge in [-0.25, -0.2) is 8.42 Å². The average Bonchev–Trinajstić information content (AvgIpc) is 2.76. The Morgan fingerprint density at radius 3 is 2.47 bits per heavy atom. The van der Waals surface area contributed by atoms with Crippen molar-refractivity contribution in [2.45, 2.75) is 44.0 Å². The molecule has 1 saturated carbocycles. The van der Waals surface area contributed by atoms with Crippen molar-refractivity contribution in [3.63, 3.8) is 0 Å². The lowest BCUT2D eigenvalue weighted by Gasteiger charge is -2.34. The van der Waals surface area contributed by atoms with Gasteiger partial charge in [0.2, 0.25) is 0 Å². The van der Waals surface area contributed by atoms with Gasteiger partial charge in [0.05, 0.1) is 17.7 Å². The second-order valence-electron chi connectivity index (χ2n) is 8.05. The van der Waals surface area contributed by atoms with E-state index in [0.29, 0.717) is 28.8 Å². The number of rotatable bonds is 6. The minimum atomic E-state index is -3.81. The first-order valence-electron chi connectivity index (χ1n) is 10.3. The number of carbonyl (C=O) groups excluding carboxylic acids is 1. The van der Waals surface area contributed by atoms with E-state index in [9.17, 15) is 13.2 Å². The highest BCUT2D eigenvalue weighted by Gasteiger charge is 2.29. The maximum atomic E-state index is 13.1. The predicted octanol–water partition coefficient (Wildman–Crippen LogP) is 4.07. The van der Waals surface area contributed by atoms with Gasteiger partial charge in [0.15, 0.2) is 0 Å². The van der Waals surface area contributed by atoms with Gasteiger partial charge in [0.25, 0.3) is 15.9 Å². The summed E-state index contributed by atoms with van der Waals surface area (Å²) in [6, 6.07) is 13.1. The fourth-order valence-corrected chi connectivity index (χ4v) is 5.17. The molecule has 3 rings (SSSR count). The summed E-state index contributed by atoms with van der Waals surface area (Å²) >= 11 is 0. The summed E-state index contributed by atoms with van der Waals surface area (Å²) < 4.78 is 32.5. The molecule has 30 heavy (non-hydrogen) atoms. The number of anilines is 1. The molecule has 2 aromatic rings. The number of nitrogens with one attached hydrogen (secondary N) is 1. The van der Waals surface area contributed by atoms with E-state index in [1.54, 1.807) is 43.5 Å². The topological polar surface area (TPSA) is 75.7 Å². The molecule has 162 valence electrons. The zero-order chi connectivity index (χ0) is 21.9. The van der Waals surface area contributed by atoms with E-state index in [0.717, 1.165) is 12.8 Å². The fourth-order valence-electron chi connectivity index (χ4n) is 3.92. The van der Waals surface area contributed by atoms with Gasteiger partial charge in [-0.3, -0.25) is 9.10 Å². The standard InChI is InChI=1S/C23H30N2O4S/c1-16-7-5-10-22(17(16)2)24-23(26)18-8-6-9-21(15-18)30(27,28)25(3)19-11-13-20(29-4)14-12-19/h6,8-9,11-17,22H,5,7,10H2,1-4H3,(H,24,26)/t16-,17-,22+/m1/s1. The molecule has 6 nitrogen and oxygen atoms in total. The number of nitrogens with zero attached hydrogens (tertiary/aromatic N) is 1. The van der Waals surface area contributed by atoms with Crippen molar-refractivity contribution in [2.24, 2.45) is 11.8 Å². The fraction of sp³-hybridized carbons (Fsp3) is 0.435. The van der Waals surface area contributed by atoms with E-state index < -0.39 is 10.0 Å². The summed E-state index contributed by atoms with van der Waals surface area (Å²) in [6.07, 6.45) is 3.23. The second-order valence-corrected chi connectivity index (χ2v) is 10.0. The van der Waals surface area contributed by atoms with E-state index in [1.165, 1.54) is 29.9 Å². The minimum Gasteiger partial charge on any atom is -0.497 e. The number of ether oxygens (including phenoxy) is 1. The smallest absolute Gasteiger partial charge is 0.264 e. The lowest BCUT2D eigenvalue weighted by molar-refractivity contribution is 0.0891. The number of carbonyl (C=O) groups is 1. The van der Waals surface area contributed by atoms with Crippen LogP contribution in [0, 0.1) is 11.8 Å². The van der Waals surface area contributed by atoms with Gasteiger partial charge >= 0.3 is 0 Å². The lowest BCUT2D eigenvalue weighted by atomic mass is 9.78. The number of methoxy groups -OCH3 is 1. The first kappa shape index (κ1) is 22.2. The molecule has 1 aliphatic carbocycles. The van der Waals surface area contributed by atoms with Crippen LogP contribution in [0.25, 0.3) is 0 Å². The highest BCUT2D eigenvalue weighted by molar-refractivity contribution is 7.92. The molecular weight excluding hydrogens is 400 g/mol. The van der Waals surface area contributed by atoms with Crippen LogP contribution < -0.4 is 14.4 Å². The van der Waals surface area contributed by atoms with E-state index in [-0.39, 0.29) is 16.8 Å². The molecule has 0 unspecified atom stereocenters. The van der Waals surface area contributed by atoms with Gasteiger partial charge in [0.1, 0.15) is 5.75 Å². The Labute approximate surface area is 179 Å². The van der Waals surface area contributed by atoms with E-state index >= 15 is 0 Å². The van der Waals surface area contributed by atoms with Crippen molar-refractivity contribution in [2.75, 3.05) is 18.5 Å². The monoisotopic (exact) mass is 430 g/mol. The molecule has 1 amide bonds. The Morgan fingerprint density at radius 2 is 1.80 bits per heavy atom. The third-order valence-corrected chi connectivity index (χ3v) is 8.00. The van der Waals surface area contributed by atoms with Crippen LogP contribution in [0.2, 0.25) is 0 Å². The van der Waals surface area contributed by atoms with Crippen molar-refractivity contribution >= 4 is 21.6 Å². The molecule has 0 bridgehead atoms. The third kappa shape index (κ3) is 4.61. The molecule has 3 atom stereocenters. The molecule has 1 N–H and O–H groups in total. The molecule has 7 heteroatoms. The Hall–Kier alpha value is -2.54. The third-order valence-electron chi connectivity index (χ3n) is 6.21. The highest BCUT2D eigenvalue weighted by Crippen LogP contribution is 2.30. The van der Waals surface area contributed by atoms with E-state index in [2.05, 4.69) is 19.2 Å². The largest absolute Gasteiger partial charge is 0.497 e. The number of hydrogen-bond acceptors (Lipinski definition) is 4. The molecule has 0 radical (unpaired) electrons.